The van der Waals surface area contributed by atoms with Gasteiger partial charge in [0.1, 0.15) is 5.82 Å². The van der Waals surface area contributed by atoms with E-state index in [-0.39, 0.29) is 22.0 Å². The number of benzene rings is 3. The van der Waals surface area contributed by atoms with Crippen molar-refractivity contribution in [1.82, 2.24) is 0 Å². The van der Waals surface area contributed by atoms with Crippen molar-refractivity contribution in [2.45, 2.75) is 18.4 Å². The maximum atomic E-state index is 14.3. The van der Waals surface area contributed by atoms with Crippen LogP contribution in [0, 0.1) is 12.7 Å². The smallest absolute Gasteiger partial charge is 0.261 e. The van der Waals surface area contributed by atoms with Gasteiger partial charge in [0.15, 0.2) is 0 Å². The molecule has 0 spiro atoms. The molecular formula is C20H17ClFNO2S. The fourth-order valence-electron chi connectivity index (χ4n) is 2.69. The monoisotopic (exact) mass is 389 g/mol. The quantitative estimate of drug-likeness (QED) is 0.602. The molecule has 0 saturated heterocycles. The van der Waals surface area contributed by atoms with Gasteiger partial charge in [0.25, 0.3) is 10.0 Å². The zero-order chi connectivity index (χ0) is 18.7. The number of sulfonamides is 1. The van der Waals surface area contributed by atoms with Crippen LogP contribution in [0.15, 0.2) is 77.7 Å². The first kappa shape index (κ1) is 18.4. The lowest BCUT2D eigenvalue weighted by Gasteiger charge is -2.26. The third-order valence-corrected chi connectivity index (χ3v) is 6.21. The normalized spacial score (nSPS) is 11.3. The molecule has 3 aromatic carbocycles. The summed E-state index contributed by atoms with van der Waals surface area (Å²) in [6, 6.07) is 19.5. The highest BCUT2D eigenvalue weighted by Gasteiger charge is 2.27. The first-order chi connectivity index (χ1) is 12.4. The molecule has 134 valence electrons. The van der Waals surface area contributed by atoms with Crippen molar-refractivity contribution in [2.75, 3.05) is 4.31 Å². The van der Waals surface area contributed by atoms with Gasteiger partial charge in [0.2, 0.25) is 0 Å². The van der Waals surface area contributed by atoms with Gasteiger partial charge in [0, 0.05) is 10.6 Å². The fraction of sp³-hybridized carbons (Fsp3) is 0.100. The Balaban J connectivity index is 2.17. The zero-order valence-electron chi connectivity index (χ0n) is 14.1. The molecule has 0 aliphatic rings. The first-order valence-corrected chi connectivity index (χ1v) is 9.79. The Morgan fingerprint density at radius 3 is 2.23 bits per heavy atom. The topological polar surface area (TPSA) is 37.4 Å². The minimum Gasteiger partial charge on any atom is -0.261 e. The van der Waals surface area contributed by atoms with Gasteiger partial charge in [-0.3, -0.25) is 4.31 Å². The summed E-state index contributed by atoms with van der Waals surface area (Å²) in [6.07, 6.45) is 0. The molecule has 0 radical (unpaired) electrons. The molecule has 0 aliphatic carbocycles. The summed E-state index contributed by atoms with van der Waals surface area (Å²) in [5, 5.41) is 0.187. The van der Waals surface area contributed by atoms with Gasteiger partial charge in [-0.05, 0) is 42.8 Å². The van der Waals surface area contributed by atoms with E-state index < -0.39 is 15.8 Å². The number of hydrogen-bond acceptors (Lipinski definition) is 2. The average molecular weight is 390 g/mol. The van der Waals surface area contributed by atoms with E-state index in [9.17, 15) is 12.8 Å². The van der Waals surface area contributed by atoms with Crippen molar-refractivity contribution in [2.24, 2.45) is 0 Å². The highest BCUT2D eigenvalue weighted by atomic mass is 35.5. The van der Waals surface area contributed by atoms with E-state index in [1.54, 1.807) is 36.4 Å². The van der Waals surface area contributed by atoms with Crippen LogP contribution in [0.4, 0.5) is 10.1 Å². The Bertz CT molecular complexity index is 1000. The van der Waals surface area contributed by atoms with Crippen molar-refractivity contribution in [1.29, 1.82) is 0 Å². The molecule has 0 heterocycles. The predicted molar refractivity (Wildman–Crippen MR) is 102 cm³/mol. The van der Waals surface area contributed by atoms with E-state index in [1.807, 2.05) is 19.1 Å². The number of rotatable bonds is 5. The van der Waals surface area contributed by atoms with Crippen molar-refractivity contribution in [3.8, 4) is 0 Å². The summed E-state index contributed by atoms with van der Waals surface area (Å²) in [5.41, 5.74) is 1.38. The molecule has 0 aliphatic heterocycles. The summed E-state index contributed by atoms with van der Waals surface area (Å²) >= 11 is 6.14. The van der Waals surface area contributed by atoms with Gasteiger partial charge in [-0.25, -0.2) is 12.8 Å². The number of para-hydroxylation sites is 1. The number of nitrogens with zero attached hydrogens (tertiary/aromatic N) is 1. The van der Waals surface area contributed by atoms with E-state index in [0.717, 1.165) is 5.56 Å². The molecule has 0 unspecified atom stereocenters. The Hall–Kier alpha value is -2.37. The minimum atomic E-state index is -3.90. The summed E-state index contributed by atoms with van der Waals surface area (Å²) in [7, 11) is -3.90. The second-order valence-corrected chi connectivity index (χ2v) is 8.08. The van der Waals surface area contributed by atoms with Crippen LogP contribution in [0.1, 0.15) is 11.1 Å². The molecule has 26 heavy (non-hydrogen) atoms. The van der Waals surface area contributed by atoms with Crippen LogP contribution >= 0.6 is 11.6 Å². The summed E-state index contributed by atoms with van der Waals surface area (Å²) in [5.74, 6) is -0.542. The standard InChI is InChI=1S/C20H17ClFNO2S/c1-15-8-5-6-13-20(15)23(14-17-18(21)11-7-12-19(17)22)26(24,25)16-9-3-2-4-10-16/h2-13H,14H2,1H3. The molecular weight excluding hydrogens is 373 g/mol. The van der Waals surface area contributed by atoms with E-state index in [1.165, 1.54) is 28.6 Å². The lowest BCUT2D eigenvalue weighted by atomic mass is 10.1. The van der Waals surface area contributed by atoms with Crippen LogP contribution in [0.3, 0.4) is 0 Å². The highest BCUT2D eigenvalue weighted by molar-refractivity contribution is 7.92. The SMILES string of the molecule is Cc1ccccc1N(Cc1c(F)cccc1Cl)S(=O)(=O)c1ccccc1. The zero-order valence-corrected chi connectivity index (χ0v) is 15.6. The van der Waals surface area contributed by atoms with Crippen LogP contribution in [0.25, 0.3) is 0 Å². The van der Waals surface area contributed by atoms with Crippen LogP contribution in [-0.4, -0.2) is 8.42 Å². The highest BCUT2D eigenvalue weighted by Crippen LogP contribution is 2.31. The van der Waals surface area contributed by atoms with Crippen LogP contribution in [0.5, 0.6) is 0 Å². The Morgan fingerprint density at radius 2 is 1.58 bits per heavy atom. The maximum absolute atomic E-state index is 14.3. The predicted octanol–water partition coefficient (Wildman–Crippen LogP) is 5.18. The Morgan fingerprint density at radius 1 is 0.923 bits per heavy atom. The van der Waals surface area contributed by atoms with Gasteiger partial charge in [-0.1, -0.05) is 54.1 Å². The Kier molecular flexibility index (Phi) is 5.30. The summed E-state index contributed by atoms with van der Waals surface area (Å²) < 4.78 is 42.1. The molecule has 0 fully saturated rings. The van der Waals surface area contributed by atoms with Crippen molar-refractivity contribution in [3.63, 3.8) is 0 Å². The molecule has 0 aromatic heterocycles. The molecule has 0 saturated carbocycles. The second-order valence-electron chi connectivity index (χ2n) is 5.81. The second kappa shape index (κ2) is 7.48. The fourth-order valence-corrected chi connectivity index (χ4v) is 4.43. The van der Waals surface area contributed by atoms with Crippen molar-refractivity contribution < 1.29 is 12.8 Å². The number of aryl methyl sites for hydroxylation is 1. The molecule has 0 amide bonds. The van der Waals surface area contributed by atoms with Gasteiger partial charge >= 0.3 is 0 Å². The summed E-state index contributed by atoms with van der Waals surface area (Å²) in [6.45, 7) is 1.61. The van der Waals surface area contributed by atoms with Crippen molar-refractivity contribution in [3.05, 3.63) is 94.8 Å². The Labute approximate surface area is 157 Å². The first-order valence-electron chi connectivity index (χ1n) is 7.97. The molecule has 0 atom stereocenters. The molecule has 0 bridgehead atoms. The van der Waals surface area contributed by atoms with Gasteiger partial charge < -0.3 is 0 Å². The number of halogens is 2. The largest absolute Gasteiger partial charge is 0.264 e. The minimum absolute atomic E-state index is 0.135. The maximum Gasteiger partial charge on any atom is 0.264 e. The summed E-state index contributed by atoms with van der Waals surface area (Å²) in [4.78, 5) is 0.135. The van der Waals surface area contributed by atoms with E-state index in [0.29, 0.717) is 5.69 Å². The van der Waals surface area contributed by atoms with E-state index >= 15 is 0 Å². The number of hydrogen-bond donors (Lipinski definition) is 0. The van der Waals surface area contributed by atoms with Gasteiger partial charge in [-0.15, -0.1) is 0 Å². The third-order valence-electron chi connectivity index (χ3n) is 4.08. The molecule has 3 nitrogen and oxygen atoms in total. The van der Waals surface area contributed by atoms with Crippen LogP contribution in [-0.2, 0) is 16.6 Å². The van der Waals surface area contributed by atoms with E-state index in [2.05, 4.69) is 0 Å². The molecule has 3 rings (SSSR count). The van der Waals surface area contributed by atoms with Gasteiger partial charge in [-0.2, -0.15) is 0 Å². The van der Waals surface area contributed by atoms with Crippen LogP contribution in [0.2, 0.25) is 5.02 Å². The molecule has 3 aromatic rings. The molecule has 0 N–H and O–H groups in total. The number of anilines is 1. The molecule has 6 heteroatoms. The van der Waals surface area contributed by atoms with Crippen molar-refractivity contribution >= 4 is 27.3 Å². The third kappa shape index (κ3) is 3.59. The lowest BCUT2D eigenvalue weighted by molar-refractivity contribution is 0.585. The van der Waals surface area contributed by atoms with E-state index in [4.69, 9.17) is 11.6 Å². The van der Waals surface area contributed by atoms with Gasteiger partial charge in [0.05, 0.1) is 17.1 Å². The lowest BCUT2D eigenvalue weighted by Crippen LogP contribution is -2.31. The van der Waals surface area contributed by atoms with Crippen LogP contribution < -0.4 is 4.31 Å². The average Bonchev–Trinajstić information content (AvgIpc) is 2.63.